The van der Waals surface area contributed by atoms with E-state index in [0.29, 0.717) is 38.8 Å². The number of hydrogen-bond acceptors (Lipinski definition) is 6. The van der Waals surface area contributed by atoms with Gasteiger partial charge in [-0.1, -0.05) is 55.6 Å². The first-order valence-electron chi connectivity index (χ1n) is 12.3. The van der Waals surface area contributed by atoms with Crippen LogP contribution in [0.4, 0.5) is 0 Å². The van der Waals surface area contributed by atoms with Gasteiger partial charge >= 0.3 is 5.97 Å². The molecule has 0 atom stereocenters. The molecule has 2 aromatic heterocycles. The van der Waals surface area contributed by atoms with Gasteiger partial charge in [0, 0.05) is 18.9 Å². The van der Waals surface area contributed by atoms with Gasteiger partial charge < -0.3 is 9.64 Å². The molecule has 3 rings (SSSR count). The molecule has 8 nitrogen and oxygen atoms in total. The number of pyridine rings is 1. The quantitative estimate of drug-likeness (QED) is 0.273. The summed E-state index contributed by atoms with van der Waals surface area (Å²) in [6.07, 6.45) is 6.74. The third-order valence-corrected chi connectivity index (χ3v) is 7.51. The van der Waals surface area contributed by atoms with Crippen molar-refractivity contribution in [1.29, 1.82) is 0 Å². The van der Waals surface area contributed by atoms with Gasteiger partial charge in [0.15, 0.2) is 5.78 Å². The highest BCUT2D eigenvalue weighted by molar-refractivity contribution is 6.39. The Kier molecular flexibility index (Phi) is 9.30. The lowest BCUT2D eigenvalue weighted by Gasteiger charge is -2.35. The molecule has 0 spiro atoms. The lowest BCUT2D eigenvalue weighted by atomic mass is 9.74. The second-order valence-corrected chi connectivity index (χ2v) is 12.1. The summed E-state index contributed by atoms with van der Waals surface area (Å²) in [7, 11) is 0. The number of esters is 1. The molecular weight excluding hydrogens is 539 g/mol. The molecule has 37 heavy (non-hydrogen) atoms. The van der Waals surface area contributed by atoms with Crippen molar-refractivity contribution in [2.45, 2.75) is 66.3 Å². The van der Waals surface area contributed by atoms with Crippen LogP contribution in [0.2, 0.25) is 15.2 Å². The Hall–Kier alpha value is -2.16. The molecule has 0 unspecified atom stereocenters. The van der Waals surface area contributed by atoms with Gasteiger partial charge in [0.1, 0.15) is 5.15 Å². The summed E-state index contributed by atoms with van der Waals surface area (Å²) in [5.74, 6) is -0.996. The summed E-state index contributed by atoms with van der Waals surface area (Å²) in [4.78, 5) is 44.5. The number of rotatable bonds is 8. The predicted octanol–water partition coefficient (Wildman–Crippen LogP) is 6.29. The van der Waals surface area contributed by atoms with Gasteiger partial charge in [0.2, 0.25) is 0 Å². The molecule has 1 amide bonds. The molecule has 0 aliphatic heterocycles. The highest BCUT2D eigenvalue weighted by atomic mass is 35.5. The minimum absolute atomic E-state index is 0.0521. The Morgan fingerprint density at radius 1 is 1.11 bits per heavy atom. The van der Waals surface area contributed by atoms with Crippen LogP contribution in [0.1, 0.15) is 87.1 Å². The molecule has 0 aromatic carbocycles. The number of aromatic nitrogens is 3. The van der Waals surface area contributed by atoms with E-state index in [-0.39, 0.29) is 50.3 Å². The maximum Gasteiger partial charge on any atom is 0.311 e. The van der Waals surface area contributed by atoms with E-state index in [2.05, 4.69) is 10.1 Å². The molecule has 0 radical (unpaired) electrons. The second kappa shape index (κ2) is 11.7. The van der Waals surface area contributed by atoms with E-state index < -0.39 is 17.1 Å². The van der Waals surface area contributed by atoms with E-state index in [0.717, 1.165) is 0 Å². The monoisotopic (exact) mass is 570 g/mol. The Balaban J connectivity index is 1.81. The number of nitrogens with zero attached hydrogens (tertiary/aromatic N) is 4. The molecule has 2 aromatic rings. The summed E-state index contributed by atoms with van der Waals surface area (Å²) < 4.78 is 6.89. The number of carbonyl (C=O) groups excluding carboxylic acids is 3. The third kappa shape index (κ3) is 6.84. The van der Waals surface area contributed by atoms with Crippen LogP contribution in [0.15, 0.2) is 18.6 Å². The van der Waals surface area contributed by atoms with Crippen molar-refractivity contribution >= 4 is 52.5 Å². The first-order valence-corrected chi connectivity index (χ1v) is 13.4. The van der Waals surface area contributed by atoms with Crippen LogP contribution < -0.4 is 0 Å². The van der Waals surface area contributed by atoms with Crippen LogP contribution in [-0.4, -0.2) is 57.0 Å². The van der Waals surface area contributed by atoms with Crippen LogP contribution >= 0.6 is 34.8 Å². The van der Waals surface area contributed by atoms with E-state index >= 15 is 0 Å². The fraction of sp³-hybridized carbons (Fsp3) is 0.577. The standard InChI is InChI=1S/C26H33Cl3N4O4/c1-6-37-24(36)26(5)9-7-16(8-10-26)33-22(29)17(11-31-33)23(35)32(15-25(2,3)4)14-20(34)21-18(27)12-30-13-19(21)28/h11-13,16H,6-10,14-15H2,1-5H3. The highest BCUT2D eigenvalue weighted by Crippen LogP contribution is 2.42. The maximum absolute atomic E-state index is 13.6. The fourth-order valence-electron chi connectivity index (χ4n) is 4.61. The van der Waals surface area contributed by atoms with E-state index in [4.69, 9.17) is 39.5 Å². The van der Waals surface area contributed by atoms with Gasteiger partial charge in [-0.2, -0.15) is 5.10 Å². The number of Topliss-reactive ketones (excluding diaryl/α,β-unsaturated/α-hetero) is 1. The van der Waals surface area contributed by atoms with E-state index in [1.54, 1.807) is 11.6 Å². The smallest absolute Gasteiger partial charge is 0.311 e. The Labute approximate surface area is 232 Å². The topological polar surface area (TPSA) is 94.4 Å². The van der Waals surface area contributed by atoms with Crippen LogP contribution in [0, 0.1) is 10.8 Å². The Bertz CT molecular complexity index is 1150. The van der Waals surface area contributed by atoms with Crippen LogP contribution in [0.3, 0.4) is 0 Å². The molecule has 0 saturated heterocycles. The van der Waals surface area contributed by atoms with Crippen molar-refractivity contribution in [3.8, 4) is 0 Å². The van der Waals surface area contributed by atoms with Gasteiger partial charge in [0.05, 0.1) is 52.0 Å². The Morgan fingerprint density at radius 3 is 2.24 bits per heavy atom. The first-order chi connectivity index (χ1) is 17.3. The summed E-state index contributed by atoms with van der Waals surface area (Å²) >= 11 is 19.0. The molecule has 1 saturated carbocycles. The average molecular weight is 572 g/mol. The predicted molar refractivity (Wildman–Crippen MR) is 143 cm³/mol. The van der Waals surface area contributed by atoms with Crippen molar-refractivity contribution in [3.63, 3.8) is 0 Å². The van der Waals surface area contributed by atoms with Crippen molar-refractivity contribution in [2.75, 3.05) is 19.7 Å². The van der Waals surface area contributed by atoms with Gasteiger partial charge in [-0.15, -0.1) is 0 Å². The molecule has 2 heterocycles. The molecule has 0 N–H and O–H groups in total. The minimum atomic E-state index is -0.538. The highest BCUT2D eigenvalue weighted by Gasteiger charge is 2.40. The van der Waals surface area contributed by atoms with Gasteiger partial charge in [0.25, 0.3) is 5.91 Å². The zero-order chi connectivity index (χ0) is 27.5. The third-order valence-electron chi connectivity index (χ3n) is 6.56. The largest absolute Gasteiger partial charge is 0.466 e. The SMILES string of the molecule is CCOC(=O)C1(C)CCC(n2ncc(C(=O)N(CC(=O)c3c(Cl)cncc3Cl)CC(C)(C)C)c2Cl)CC1. The van der Waals surface area contributed by atoms with E-state index in [1.807, 2.05) is 27.7 Å². The van der Waals surface area contributed by atoms with Gasteiger partial charge in [-0.05, 0) is 44.9 Å². The van der Waals surface area contributed by atoms with Gasteiger partial charge in [-0.3, -0.25) is 24.0 Å². The number of carbonyl (C=O) groups is 3. The number of ketones is 1. The van der Waals surface area contributed by atoms with Crippen LogP contribution in [-0.2, 0) is 9.53 Å². The summed E-state index contributed by atoms with van der Waals surface area (Å²) in [6, 6.07) is -0.0521. The van der Waals surface area contributed by atoms with Crippen LogP contribution in [0.25, 0.3) is 0 Å². The maximum atomic E-state index is 13.6. The molecule has 0 bridgehead atoms. The van der Waals surface area contributed by atoms with Crippen molar-refractivity contribution in [3.05, 3.63) is 44.9 Å². The number of halogens is 3. The fourth-order valence-corrected chi connectivity index (χ4v) is 5.50. The number of amides is 1. The average Bonchev–Trinajstić information content (AvgIpc) is 3.19. The Morgan fingerprint density at radius 2 is 1.70 bits per heavy atom. The van der Waals surface area contributed by atoms with Crippen molar-refractivity contribution in [2.24, 2.45) is 10.8 Å². The lowest BCUT2D eigenvalue weighted by molar-refractivity contribution is -0.156. The normalized spacial score (nSPS) is 19.9. The second-order valence-electron chi connectivity index (χ2n) is 10.9. The summed E-state index contributed by atoms with van der Waals surface area (Å²) in [6.45, 7) is 10.0. The molecule has 202 valence electrons. The zero-order valence-electron chi connectivity index (χ0n) is 21.8. The van der Waals surface area contributed by atoms with Crippen molar-refractivity contribution in [1.82, 2.24) is 19.7 Å². The van der Waals surface area contributed by atoms with Crippen LogP contribution in [0.5, 0.6) is 0 Å². The van der Waals surface area contributed by atoms with Gasteiger partial charge in [-0.25, -0.2) is 0 Å². The molecule has 1 aliphatic carbocycles. The molecular formula is C26H33Cl3N4O4. The lowest BCUT2D eigenvalue weighted by Crippen LogP contribution is -2.41. The van der Waals surface area contributed by atoms with E-state index in [9.17, 15) is 14.4 Å². The summed E-state index contributed by atoms with van der Waals surface area (Å²) in [5, 5.41) is 4.88. The molecule has 11 heteroatoms. The van der Waals surface area contributed by atoms with E-state index in [1.165, 1.54) is 23.5 Å². The minimum Gasteiger partial charge on any atom is -0.466 e. The number of ether oxygens (including phenoxy) is 1. The number of hydrogen-bond donors (Lipinski definition) is 0. The summed E-state index contributed by atoms with van der Waals surface area (Å²) in [5.41, 5.74) is -0.502. The first kappa shape index (κ1) is 29.4. The molecule has 1 fully saturated rings. The zero-order valence-corrected chi connectivity index (χ0v) is 24.1. The van der Waals surface area contributed by atoms with Crippen molar-refractivity contribution < 1.29 is 19.1 Å². The molecule has 1 aliphatic rings.